The van der Waals surface area contributed by atoms with Crippen LogP contribution in [0.5, 0.6) is 5.75 Å². The number of fused-ring (bicyclic) bond motifs is 1. The molecule has 152 valence electrons. The number of hydrogen-bond donors (Lipinski definition) is 1. The molecule has 0 aliphatic carbocycles. The van der Waals surface area contributed by atoms with E-state index in [1.165, 1.54) is 24.5 Å². The Kier molecular flexibility index (Phi) is 5.34. The normalized spacial score (nSPS) is 12.1. The quantitative estimate of drug-likeness (QED) is 0.523. The Labute approximate surface area is 170 Å². The Morgan fingerprint density at radius 2 is 1.77 bits per heavy atom. The van der Waals surface area contributed by atoms with E-state index in [1.54, 1.807) is 16.5 Å². The highest BCUT2D eigenvalue weighted by atomic mass is 19.3. The van der Waals surface area contributed by atoms with Crippen molar-refractivity contribution in [3.05, 3.63) is 78.2 Å². The van der Waals surface area contributed by atoms with Crippen LogP contribution in [-0.4, -0.2) is 32.1 Å². The fourth-order valence-electron chi connectivity index (χ4n) is 3.08. The first-order chi connectivity index (χ1) is 14.5. The molecule has 1 amide bonds. The lowest BCUT2D eigenvalue weighted by molar-refractivity contribution is -0.0498. The van der Waals surface area contributed by atoms with Crippen LogP contribution in [0.3, 0.4) is 0 Å². The van der Waals surface area contributed by atoms with Crippen molar-refractivity contribution in [3.8, 4) is 17.1 Å². The van der Waals surface area contributed by atoms with Crippen LogP contribution in [0.25, 0.3) is 17.0 Å². The average molecular weight is 409 g/mol. The topological polar surface area (TPSA) is 81.4 Å². The van der Waals surface area contributed by atoms with Gasteiger partial charge in [0.15, 0.2) is 11.5 Å². The van der Waals surface area contributed by atoms with Gasteiger partial charge in [-0.3, -0.25) is 14.2 Å². The molecular weight excluding hydrogens is 392 g/mol. The molecule has 0 saturated carbocycles. The van der Waals surface area contributed by atoms with Gasteiger partial charge in [-0.25, -0.2) is 0 Å². The molecule has 9 heteroatoms. The van der Waals surface area contributed by atoms with E-state index < -0.39 is 6.61 Å². The van der Waals surface area contributed by atoms with Crippen LogP contribution in [-0.2, 0) is 0 Å². The highest BCUT2D eigenvalue weighted by molar-refractivity contribution is 5.93. The molecule has 0 bridgehead atoms. The summed E-state index contributed by atoms with van der Waals surface area (Å²) < 4.78 is 30.7. The van der Waals surface area contributed by atoms with Gasteiger partial charge in [0.05, 0.1) is 18.4 Å². The first-order valence-corrected chi connectivity index (χ1v) is 9.13. The van der Waals surface area contributed by atoms with Gasteiger partial charge in [-0.05, 0) is 36.8 Å². The van der Waals surface area contributed by atoms with Gasteiger partial charge in [0.2, 0.25) is 0 Å². The third-order valence-corrected chi connectivity index (χ3v) is 4.53. The van der Waals surface area contributed by atoms with E-state index in [9.17, 15) is 13.6 Å². The summed E-state index contributed by atoms with van der Waals surface area (Å²) in [5.74, 6) is 0.0653. The monoisotopic (exact) mass is 409 g/mol. The van der Waals surface area contributed by atoms with E-state index in [4.69, 9.17) is 0 Å². The first-order valence-electron chi connectivity index (χ1n) is 9.13. The minimum Gasteiger partial charge on any atom is -0.435 e. The van der Waals surface area contributed by atoms with Crippen LogP contribution < -0.4 is 10.1 Å². The average Bonchev–Trinajstić information content (AvgIpc) is 3.18. The van der Waals surface area contributed by atoms with Crippen molar-refractivity contribution >= 4 is 11.6 Å². The minimum absolute atomic E-state index is 0.0267. The van der Waals surface area contributed by atoms with E-state index in [1.807, 2.05) is 37.3 Å². The van der Waals surface area contributed by atoms with E-state index in [2.05, 4.69) is 25.2 Å². The molecule has 2 aromatic heterocycles. The predicted octanol–water partition coefficient (Wildman–Crippen LogP) is 3.88. The Hall–Kier alpha value is -3.88. The minimum atomic E-state index is -2.90. The van der Waals surface area contributed by atoms with Gasteiger partial charge < -0.3 is 10.1 Å². The molecule has 2 aromatic carbocycles. The molecule has 7 nitrogen and oxygen atoms in total. The number of rotatable bonds is 6. The highest BCUT2D eigenvalue weighted by Gasteiger charge is 2.19. The predicted molar refractivity (Wildman–Crippen MR) is 105 cm³/mol. The van der Waals surface area contributed by atoms with Crippen LogP contribution in [0.2, 0.25) is 0 Å². The fraction of sp³-hybridized carbons (Fsp3) is 0.143. The molecule has 2 heterocycles. The molecule has 0 spiro atoms. The highest BCUT2D eigenvalue weighted by Crippen LogP contribution is 2.24. The summed E-state index contributed by atoms with van der Waals surface area (Å²) in [6.45, 7) is -1.02. The van der Waals surface area contributed by atoms with E-state index in [-0.39, 0.29) is 23.4 Å². The number of halogens is 2. The molecule has 0 saturated heterocycles. The summed E-state index contributed by atoms with van der Waals surface area (Å²) in [4.78, 5) is 17.0. The van der Waals surface area contributed by atoms with Gasteiger partial charge in [0, 0.05) is 5.56 Å². The maximum atomic E-state index is 13.0. The summed E-state index contributed by atoms with van der Waals surface area (Å²) >= 11 is 0. The summed E-state index contributed by atoms with van der Waals surface area (Å²) in [6.07, 6.45) is 2.92. The number of alkyl halides is 2. The molecule has 0 fully saturated rings. The third kappa shape index (κ3) is 3.95. The molecule has 4 rings (SSSR count). The number of ether oxygens (including phenoxy) is 1. The van der Waals surface area contributed by atoms with E-state index in [0.29, 0.717) is 17.0 Å². The Morgan fingerprint density at radius 3 is 2.47 bits per heavy atom. The van der Waals surface area contributed by atoms with Gasteiger partial charge >= 0.3 is 6.61 Å². The molecule has 0 aliphatic heterocycles. The molecule has 1 unspecified atom stereocenters. The molecular formula is C21H17F2N5O2. The number of nitrogens with zero attached hydrogens (tertiary/aromatic N) is 4. The number of nitrogens with one attached hydrogen (secondary N) is 1. The lowest BCUT2D eigenvalue weighted by Gasteiger charge is -2.15. The summed E-state index contributed by atoms with van der Waals surface area (Å²) in [5, 5.41) is 11.2. The number of amides is 1. The number of carbonyl (C=O) groups excluding carboxylic acids is 1. The second-order valence-corrected chi connectivity index (χ2v) is 6.52. The molecule has 30 heavy (non-hydrogen) atoms. The summed E-state index contributed by atoms with van der Waals surface area (Å²) in [5.41, 5.74) is 2.19. The van der Waals surface area contributed by atoms with Crippen LogP contribution in [0.4, 0.5) is 8.78 Å². The van der Waals surface area contributed by atoms with Crippen molar-refractivity contribution in [3.63, 3.8) is 0 Å². The van der Waals surface area contributed by atoms with Crippen LogP contribution >= 0.6 is 0 Å². The van der Waals surface area contributed by atoms with E-state index in [0.717, 1.165) is 5.56 Å². The zero-order valence-electron chi connectivity index (χ0n) is 15.9. The Balaban J connectivity index is 1.66. The van der Waals surface area contributed by atoms with Gasteiger partial charge in [0.25, 0.3) is 5.91 Å². The summed E-state index contributed by atoms with van der Waals surface area (Å²) in [6, 6.07) is 15.3. The Bertz CT molecular complexity index is 1160. The fourth-order valence-corrected chi connectivity index (χ4v) is 3.08. The largest absolute Gasteiger partial charge is 0.435 e. The second-order valence-electron chi connectivity index (χ2n) is 6.52. The van der Waals surface area contributed by atoms with Crippen molar-refractivity contribution < 1.29 is 18.3 Å². The van der Waals surface area contributed by atoms with Crippen molar-refractivity contribution in [2.24, 2.45) is 0 Å². The molecule has 0 radical (unpaired) electrons. The van der Waals surface area contributed by atoms with Crippen molar-refractivity contribution in [2.45, 2.75) is 19.6 Å². The van der Waals surface area contributed by atoms with Gasteiger partial charge in [-0.15, -0.1) is 10.2 Å². The zero-order chi connectivity index (χ0) is 21.1. The molecule has 1 N–H and O–H groups in total. The zero-order valence-corrected chi connectivity index (χ0v) is 15.9. The lowest BCUT2D eigenvalue weighted by Crippen LogP contribution is -2.28. The number of aromatic nitrogens is 4. The molecule has 1 atom stereocenters. The van der Waals surface area contributed by atoms with Crippen molar-refractivity contribution in [2.75, 3.05) is 0 Å². The van der Waals surface area contributed by atoms with Crippen LogP contribution in [0.15, 0.2) is 67.0 Å². The van der Waals surface area contributed by atoms with Gasteiger partial charge in [0.1, 0.15) is 11.4 Å². The summed E-state index contributed by atoms with van der Waals surface area (Å²) in [7, 11) is 0. The number of carbonyl (C=O) groups is 1. The molecule has 4 aromatic rings. The second kappa shape index (κ2) is 8.24. The van der Waals surface area contributed by atoms with Crippen LogP contribution in [0, 0.1) is 0 Å². The van der Waals surface area contributed by atoms with Gasteiger partial charge in [-0.1, -0.05) is 30.3 Å². The standard InChI is InChI=1S/C21H17F2N5O2/c1-13(14-5-3-2-4-6-14)25-20(29)17-11-24-12-18-26-27-19(28(17)18)15-7-9-16(10-8-15)30-21(22)23/h2-13,21H,1H3,(H,25,29). The SMILES string of the molecule is CC(NC(=O)c1cncc2nnc(-c3ccc(OC(F)F)cc3)n12)c1ccccc1. The van der Waals surface area contributed by atoms with E-state index >= 15 is 0 Å². The number of benzene rings is 2. The smallest absolute Gasteiger partial charge is 0.387 e. The molecule has 0 aliphatic rings. The van der Waals surface area contributed by atoms with Crippen LogP contribution in [0.1, 0.15) is 29.0 Å². The first kappa shape index (κ1) is 19.4. The third-order valence-electron chi connectivity index (χ3n) is 4.53. The maximum Gasteiger partial charge on any atom is 0.387 e. The van der Waals surface area contributed by atoms with Crippen molar-refractivity contribution in [1.29, 1.82) is 0 Å². The lowest BCUT2D eigenvalue weighted by atomic mass is 10.1. The van der Waals surface area contributed by atoms with Gasteiger partial charge in [-0.2, -0.15) is 8.78 Å². The maximum absolute atomic E-state index is 13.0. The number of hydrogen-bond acceptors (Lipinski definition) is 5. The van der Waals surface area contributed by atoms with Crippen molar-refractivity contribution in [1.82, 2.24) is 24.9 Å². The Morgan fingerprint density at radius 1 is 1.03 bits per heavy atom.